The lowest BCUT2D eigenvalue weighted by molar-refractivity contribution is 0.167. The van der Waals surface area contributed by atoms with Gasteiger partial charge in [-0.1, -0.05) is 36.7 Å². The van der Waals surface area contributed by atoms with Crippen molar-refractivity contribution in [2.24, 2.45) is 0 Å². The van der Waals surface area contributed by atoms with Gasteiger partial charge in [-0.15, -0.1) is 0 Å². The molecule has 1 aromatic carbocycles. The maximum Gasteiger partial charge on any atom is 0.140 e. The molecule has 3 rings (SSSR count). The zero-order chi connectivity index (χ0) is 15.7. The average Bonchev–Trinajstić information content (AvgIpc) is 2.88. The molecule has 3 aromatic rings. The van der Waals surface area contributed by atoms with E-state index in [1.165, 1.54) is 0 Å². The van der Waals surface area contributed by atoms with Crippen molar-refractivity contribution in [3.8, 4) is 0 Å². The van der Waals surface area contributed by atoms with Crippen molar-refractivity contribution in [2.75, 3.05) is 0 Å². The van der Waals surface area contributed by atoms with Gasteiger partial charge in [0.15, 0.2) is 0 Å². The zero-order valence-electron chi connectivity index (χ0n) is 12.8. The summed E-state index contributed by atoms with van der Waals surface area (Å²) in [5.74, 6) is 0. The van der Waals surface area contributed by atoms with Crippen LogP contribution in [0, 0.1) is 6.92 Å². The molecule has 4 heteroatoms. The summed E-state index contributed by atoms with van der Waals surface area (Å²) in [5.41, 5.74) is 4.96. The van der Waals surface area contributed by atoms with Gasteiger partial charge in [-0.05, 0) is 42.7 Å². The number of hydrogen-bond donors (Lipinski definition) is 1. The number of hydrogen-bond acceptors (Lipinski definition) is 2. The van der Waals surface area contributed by atoms with Gasteiger partial charge in [-0.3, -0.25) is 0 Å². The molecule has 22 heavy (non-hydrogen) atoms. The number of nitrogens with zero attached hydrogens (tertiary/aromatic N) is 2. The van der Waals surface area contributed by atoms with Gasteiger partial charge < -0.3 is 9.51 Å². The smallest absolute Gasteiger partial charge is 0.140 e. The van der Waals surface area contributed by atoms with E-state index in [0.29, 0.717) is 12.8 Å². The second kappa shape index (κ2) is 6.11. The molecule has 2 aromatic heterocycles. The van der Waals surface area contributed by atoms with Crippen molar-refractivity contribution in [3.05, 3.63) is 70.1 Å². The Morgan fingerprint density at radius 1 is 1.23 bits per heavy atom. The maximum atomic E-state index is 10.4. The summed E-state index contributed by atoms with van der Waals surface area (Å²) < 4.78 is 2.01. The Balaban J connectivity index is 2.11. The second-order valence-electron chi connectivity index (χ2n) is 5.56. The van der Waals surface area contributed by atoms with Gasteiger partial charge in [0.2, 0.25) is 0 Å². The van der Waals surface area contributed by atoms with E-state index in [-0.39, 0.29) is 0 Å². The summed E-state index contributed by atoms with van der Waals surface area (Å²) in [6.45, 7) is 4.02. The highest BCUT2D eigenvalue weighted by Gasteiger charge is 2.19. The molecule has 0 aliphatic heterocycles. The van der Waals surface area contributed by atoms with Gasteiger partial charge in [0, 0.05) is 17.6 Å². The van der Waals surface area contributed by atoms with Crippen LogP contribution in [0.25, 0.3) is 5.65 Å². The zero-order valence-corrected chi connectivity index (χ0v) is 13.5. The predicted octanol–water partition coefficient (Wildman–Crippen LogP) is 4.33. The van der Waals surface area contributed by atoms with Crippen molar-refractivity contribution in [1.29, 1.82) is 0 Å². The molecule has 0 amide bonds. The van der Waals surface area contributed by atoms with Crippen molar-refractivity contribution < 1.29 is 5.11 Å². The number of rotatable bonds is 4. The number of pyridine rings is 1. The molecule has 1 N–H and O–H groups in total. The summed E-state index contributed by atoms with van der Waals surface area (Å²) in [6.07, 6.45) is 2.80. The van der Waals surface area contributed by atoms with Crippen LogP contribution in [0.15, 0.2) is 42.6 Å². The Labute approximate surface area is 135 Å². The van der Waals surface area contributed by atoms with E-state index in [1.54, 1.807) is 0 Å². The normalized spacial score (nSPS) is 12.7. The Morgan fingerprint density at radius 3 is 2.64 bits per heavy atom. The number of benzene rings is 1. The minimum absolute atomic E-state index is 0.515. The fourth-order valence-corrected chi connectivity index (χ4v) is 2.87. The molecule has 3 nitrogen and oxygen atoms in total. The van der Waals surface area contributed by atoms with E-state index in [9.17, 15) is 5.11 Å². The third kappa shape index (κ3) is 2.74. The molecule has 1 atom stereocenters. The third-order valence-corrected chi connectivity index (χ3v) is 4.20. The van der Waals surface area contributed by atoms with Crippen LogP contribution in [0.3, 0.4) is 0 Å². The SMILES string of the molecule is CCC(O)c1c(Cc2ccc(Cl)cc2)nc2c(C)cccn12. The Kier molecular flexibility index (Phi) is 4.19. The van der Waals surface area contributed by atoms with Crippen LogP contribution in [0.1, 0.15) is 42.0 Å². The summed E-state index contributed by atoms with van der Waals surface area (Å²) in [7, 11) is 0. The maximum absolute atomic E-state index is 10.4. The quantitative estimate of drug-likeness (QED) is 0.778. The topological polar surface area (TPSA) is 37.5 Å². The number of aliphatic hydroxyl groups is 1. The first-order chi connectivity index (χ1) is 10.6. The van der Waals surface area contributed by atoms with E-state index in [4.69, 9.17) is 16.6 Å². The molecular weight excluding hydrogens is 296 g/mol. The Bertz CT molecular complexity index is 793. The second-order valence-corrected chi connectivity index (χ2v) is 5.99. The first kappa shape index (κ1) is 15.1. The van der Waals surface area contributed by atoms with Gasteiger partial charge in [0.1, 0.15) is 5.65 Å². The minimum atomic E-state index is -0.515. The van der Waals surface area contributed by atoms with Gasteiger partial charge >= 0.3 is 0 Å². The lowest BCUT2D eigenvalue weighted by Crippen LogP contribution is -2.04. The number of fused-ring (bicyclic) bond motifs is 1. The standard InChI is InChI=1S/C18H19ClN2O/c1-3-16(22)17-15(11-13-6-8-14(19)9-7-13)20-18-12(2)5-4-10-21(17)18/h4-10,16,22H,3,11H2,1-2H3. The van der Waals surface area contributed by atoms with Gasteiger partial charge in [-0.2, -0.15) is 0 Å². The summed E-state index contributed by atoms with van der Waals surface area (Å²) in [5, 5.41) is 11.2. The van der Waals surface area contributed by atoms with Crippen LogP contribution in [0.4, 0.5) is 0 Å². The number of imidazole rings is 1. The van der Waals surface area contributed by atoms with E-state index in [2.05, 4.69) is 0 Å². The monoisotopic (exact) mass is 314 g/mol. The largest absolute Gasteiger partial charge is 0.387 e. The van der Waals surface area contributed by atoms with Crippen LogP contribution in [0.5, 0.6) is 0 Å². The summed E-state index contributed by atoms with van der Waals surface area (Å²) in [4.78, 5) is 4.77. The highest BCUT2D eigenvalue weighted by molar-refractivity contribution is 6.30. The molecule has 0 saturated carbocycles. The number of aliphatic hydroxyl groups excluding tert-OH is 1. The van der Waals surface area contributed by atoms with Crippen LogP contribution < -0.4 is 0 Å². The molecule has 0 aliphatic rings. The van der Waals surface area contributed by atoms with E-state index in [0.717, 1.165) is 33.2 Å². The van der Waals surface area contributed by atoms with Crippen molar-refractivity contribution >= 4 is 17.2 Å². The Morgan fingerprint density at radius 2 is 1.95 bits per heavy atom. The summed E-state index contributed by atoms with van der Waals surface area (Å²) in [6, 6.07) is 11.8. The first-order valence-corrected chi connectivity index (χ1v) is 7.87. The highest BCUT2D eigenvalue weighted by Crippen LogP contribution is 2.26. The molecule has 0 bridgehead atoms. The molecule has 0 aliphatic carbocycles. The molecule has 0 saturated heterocycles. The van der Waals surface area contributed by atoms with E-state index >= 15 is 0 Å². The molecule has 0 radical (unpaired) electrons. The van der Waals surface area contributed by atoms with Gasteiger partial charge in [-0.25, -0.2) is 4.98 Å². The van der Waals surface area contributed by atoms with Crippen LogP contribution in [0.2, 0.25) is 5.02 Å². The molecule has 114 valence electrons. The fraction of sp³-hybridized carbons (Fsp3) is 0.278. The molecule has 0 fully saturated rings. The van der Waals surface area contributed by atoms with Crippen molar-refractivity contribution in [1.82, 2.24) is 9.38 Å². The molecule has 0 spiro atoms. The first-order valence-electron chi connectivity index (χ1n) is 7.49. The van der Waals surface area contributed by atoms with Crippen LogP contribution >= 0.6 is 11.6 Å². The lowest BCUT2D eigenvalue weighted by atomic mass is 10.1. The molecule has 2 heterocycles. The number of halogens is 1. The molecule has 1 unspecified atom stereocenters. The summed E-state index contributed by atoms with van der Waals surface area (Å²) >= 11 is 5.94. The van der Waals surface area contributed by atoms with Gasteiger partial charge in [0.25, 0.3) is 0 Å². The molecular formula is C18H19ClN2O. The van der Waals surface area contributed by atoms with Gasteiger partial charge in [0.05, 0.1) is 17.5 Å². The number of aromatic nitrogens is 2. The minimum Gasteiger partial charge on any atom is -0.387 e. The van der Waals surface area contributed by atoms with Crippen molar-refractivity contribution in [3.63, 3.8) is 0 Å². The van der Waals surface area contributed by atoms with Crippen molar-refractivity contribution in [2.45, 2.75) is 32.8 Å². The lowest BCUT2D eigenvalue weighted by Gasteiger charge is -2.11. The third-order valence-electron chi connectivity index (χ3n) is 3.95. The Hall–Kier alpha value is -1.84. The van der Waals surface area contributed by atoms with E-state index < -0.39 is 6.10 Å². The average molecular weight is 315 g/mol. The van der Waals surface area contributed by atoms with Crippen LogP contribution in [-0.4, -0.2) is 14.5 Å². The fourth-order valence-electron chi connectivity index (χ4n) is 2.74. The number of aryl methyl sites for hydroxylation is 1. The highest BCUT2D eigenvalue weighted by atomic mass is 35.5. The van der Waals surface area contributed by atoms with E-state index in [1.807, 2.05) is 60.8 Å². The predicted molar refractivity (Wildman–Crippen MR) is 89.4 cm³/mol. The van der Waals surface area contributed by atoms with Crippen LogP contribution in [-0.2, 0) is 6.42 Å².